The van der Waals surface area contributed by atoms with E-state index in [4.69, 9.17) is 4.74 Å². The molecule has 0 aliphatic carbocycles. The largest absolute Gasteiger partial charge is 0.452 e. The van der Waals surface area contributed by atoms with Crippen LogP contribution in [0.2, 0.25) is 0 Å². The summed E-state index contributed by atoms with van der Waals surface area (Å²) in [6.45, 7) is -2.86. The van der Waals surface area contributed by atoms with Crippen LogP contribution in [0.1, 0.15) is 22.3 Å². The van der Waals surface area contributed by atoms with Crippen LogP contribution >= 0.6 is 0 Å². The van der Waals surface area contributed by atoms with Gasteiger partial charge in [0.2, 0.25) is 0 Å². The topological polar surface area (TPSA) is 64.6 Å². The number of carbonyl (C=O) groups is 2. The third-order valence-corrected chi connectivity index (χ3v) is 3.46. The Morgan fingerprint density at radius 2 is 1.69 bits per heavy atom. The van der Waals surface area contributed by atoms with Crippen molar-refractivity contribution in [2.75, 3.05) is 13.2 Å². The predicted octanol–water partition coefficient (Wildman–Crippen LogP) is 3.19. The lowest BCUT2D eigenvalue weighted by Crippen LogP contribution is -2.29. The molecule has 2 aromatic carbocycles. The third-order valence-electron chi connectivity index (χ3n) is 3.46. The zero-order valence-electron chi connectivity index (χ0n) is 14.0. The molecule has 26 heavy (non-hydrogen) atoms. The normalized spacial score (nSPS) is 10.4. The van der Waals surface area contributed by atoms with Gasteiger partial charge in [-0.25, -0.2) is 4.79 Å². The molecule has 2 aromatic rings. The molecule has 2 rings (SSSR count). The van der Waals surface area contributed by atoms with Crippen molar-refractivity contribution < 1.29 is 27.8 Å². The lowest BCUT2D eigenvalue weighted by molar-refractivity contribution is -0.124. The minimum Gasteiger partial charge on any atom is -0.452 e. The van der Waals surface area contributed by atoms with Crippen molar-refractivity contribution in [2.24, 2.45) is 0 Å². The van der Waals surface area contributed by atoms with E-state index in [-0.39, 0.29) is 11.3 Å². The number of nitrogens with one attached hydrogen (secondary N) is 1. The van der Waals surface area contributed by atoms with Crippen molar-refractivity contribution in [3.8, 4) is 5.75 Å². The molecule has 0 heterocycles. The van der Waals surface area contributed by atoms with Gasteiger partial charge >= 0.3 is 12.6 Å². The molecule has 0 bridgehead atoms. The molecule has 0 spiro atoms. The Morgan fingerprint density at radius 3 is 2.35 bits per heavy atom. The molecule has 0 fully saturated rings. The SMILES string of the molecule is O=C(COC(=O)c1ccc(OC(F)F)cc1)NCCCc1ccccc1. The highest BCUT2D eigenvalue weighted by atomic mass is 19.3. The fourth-order valence-electron chi connectivity index (χ4n) is 2.20. The van der Waals surface area contributed by atoms with Gasteiger partial charge in [0.05, 0.1) is 5.56 Å². The van der Waals surface area contributed by atoms with E-state index in [9.17, 15) is 18.4 Å². The highest BCUT2D eigenvalue weighted by Crippen LogP contribution is 2.15. The van der Waals surface area contributed by atoms with Crippen LogP contribution in [0.3, 0.4) is 0 Å². The summed E-state index contributed by atoms with van der Waals surface area (Å²) in [5.41, 5.74) is 1.33. The fraction of sp³-hybridized carbons (Fsp3) is 0.263. The van der Waals surface area contributed by atoms with Crippen molar-refractivity contribution >= 4 is 11.9 Å². The summed E-state index contributed by atoms with van der Waals surface area (Å²) < 4.78 is 33.2. The number of hydrogen-bond acceptors (Lipinski definition) is 4. The van der Waals surface area contributed by atoms with Crippen LogP contribution in [0, 0.1) is 0 Å². The summed E-state index contributed by atoms with van der Waals surface area (Å²) in [5.74, 6) is -1.18. The van der Waals surface area contributed by atoms with Gasteiger partial charge in [-0.1, -0.05) is 30.3 Å². The minimum atomic E-state index is -2.93. The van der Waals surface area contributed by atoms with Crippen LogP contribution in [-0.4, -0.2) is 31.6 Å². The lowest BCUT2D eigenvalue weighted by Gasteiger charge is -2.08. The summed E-state index contributed by atoms with van der Waals surface area (Å²) in [5, 5.41) is 2.67. The van der Waals surface area contributed by atoms with Crippen LogP contribution in [0.25, 0.3) is 0 Å². The van der Waals surface area contributed by atoms with Crippen LogP contribution < -0.4 is 10.1 Å². The molecule has 138 valence electrons. The standard InChI is InChI=1S/C19H19F2NO4/c20-19(21)26-16-10-8-15(9-11-16)18(24)25-13-17(23)22-12-4-7-14-5-2-1-3-6-14/h1-3,5-6,8-11,19H,4,7,12-13H2,(H,22,23). The van der Waals surface area contributed by atoms with Crippen molar-refractivity contribution in [2.45, 2.75) is 19.5 Å². The van der Waals surface area contributed by atoms with Crippen LogP contribution in [0.4, 0.5) is 8.78 Å². The van der Waals surface area contributed by atoms with Crippen molar-refractivity contribution in [1.29, 1.82) is 0 Å². The average Bonchev–Trinajstić information content (AvgIpc) is 2.64. The van der Waals surface area contributed by atoms with E-state index in [0.29, 0.717) is 6.54 Å². The number of ether oxygens (including phenoxy) is 2. The van der Waals surface area contributed by atoms with Crippen molar-refractivity contribution in [3.05, 3.63) is 65.7 Å². The molecule has 0 saturated carbocycles. The fourth-order valence-corrected chi connectivity index (χ4v) is 2.20. The summed E-state index contributed by atoms with van der Waals surface area (Å²) in [4.78, 5) is 23.5. The van der Waals surface area contributed by atoms with Crippen LogP contribution in [0.15, 0.2) is 54.6 Å². The molecule has 1 N–H and O–H groups in total. The molecule has 7 heteroatoms. The monoisotopic (exact) mass is 363 g/mol. The maximum absolute atomic E-state index is 12.1. The zero-order chi connectivity index (χ0) is 18.8. The van der Waals surface area contributed by atoms with Gasteiger partial charge in [0.1, 0.15) is 5.75 Å². The number of alkyl halides is 2. The second kappa shape index (κ2) is 10.1. The molecule has 0 aliphatic heterocycles. The molecule has 0 atom stereocenters. The lowest BCUT2D eigenvalue weighted by atomic mass is 10.1. The number of aryl methyl sites for hydroxylation is 1. The number of halogens is 2. The summed E-state index contributed by atoms with van der Waals surface area (Å²) >= 11 is 0. The first-order valence-corrected chi connectivity index (χ1v) is 8.07. The molecular formula is C19H19F2NO4. The van der Waals surface area contributed by atoms with Crippen molar-refractivity contribution in [1.82, 2.24) is 5.32 Å². The zero-order valence-corrected chi connectivity index (χ0v) is 14.0. The first-order chi connectivity index (χ1) is 12.5. The highest BCUT2D eigenvalue weighted by Gasteiger charge is 2.11. The molecule has 0 radical (unpaired) electrons. The van der Waals surface area contributed by atoms with Gasteiger partial charge in [-0.15, -0.1) is 0 Å². The number of carbonyl (C=O) groups excluding carboxylic acids is 2. The van der Waals surface area contributed by atoms with E-state index in [0.717, 1.165) is 12.8 Å². The Hall–Kier alpha value is -2.96. The van der Waals surface area contributed by atoms with E-state index in [1.807, 2.05) is 30.3 Å². The molecule has 0 aliphatic rings. The molecule has 0 saturated heterocycles. The van der Waals surface area contributed by atoms with E-state index >= 15 is 0 Å². The van der Waals surface area contributed by atoms with Gasteiger partial charge in [0, 0.05) is 6.54 Å². The quantitative estimate of drug-likeness (QED) is 0.549. The number of benzene rings is 2. The minimum absolute atomic E-state index is 0.0623. The van der Waals surface area contributed by atoms with Crippen LogP contribution in [0.5, 0.6) is 5.75 Å². The maximum atomic E-state index is 12.1. The van der Waals surface area contributed by atoms with Gasteiger partial charge in [-0.3, -0.25) is 4.79 Å². The van der Waals surface area contributed by atoms with E-state index in [1.54, 1.807) is 0 Å². The number of hydrogen-bond donors (Lipinski definition) is 1. The van der Waals surface area contributed by atoms with E-state index in [2.05, 4.69) is 10.1 Å². The van der Waals surface area contributed by atoms with Crippen LogP contribution in [-0.2, 0) is 16.0 Å². The van der Waals surface area contributed by atoms with Gasteiger partial charge < -0.3 is 14.8 Å². The Bertz CT molecular complexity index is 705. The van der Waals surface area contributed by atoms with Gasteiger partial charge in [0.15, 0.2) is 6.61 Å². The third kappa shape index (κ3) is 6.88. The van der Waals surface area contributed by atoms with Gasteiger partial charge in [0.25, 0.3) is 5.91 Å². The molecule has 0 unspecified atom stereocenters. The summed E-state index contributed by atoms with van der Waals surface area (Å²) in [6, 6.07) is 14.9. The van der Waals surface area contributed by atoms with Gasteiger partial charge in [-0.05, 0) is 42.7 Å². The Morgan fingerprint density at radius 1 is 1.00 bits per heavy atom. The Kier molecular flexibility index (Phi) is 7.54. The maximum Gasteiger partial charge on any atom is 0.387 e. The Labute approximate surface area is 149 Å². The second-order valence-electron chi connectivity index (χ2n) is 5.42. The van der Waals surface area contributed by atoms with Crippen molar-refractivity contribution in [3.63, 3.8) is 0 Å². The number of amides is 1. The highest BCUT2D eigenvalue weighted by molar-refractivity contribution is 5.91. The second-order valence-corrected chi connectivity index (χ2v) is 5.42. The molecular weight excluding hydrogens is 344 g/mol. The summed E-state index contributed by atoms with van der Waals surface area (Å²) in [7, 11) is 0. The predicted molar refractivity (Wildman–Crippen MR) is 91.1 cm³/mol. The van der Waals surface area contributed by atoms with E-state index < -0.39 is 25.1 Å². The Balaban J connectivity index is 1.65. The van der Waals surface area contributed by atoms with Gasteiger partial charge in [-0.2, -0.15) is 8.78 Å². The molecule has 1 amide bonds. The van der Waals surface area contributed by atoms with E-state index in [1.165, 1.54) is 29.8 Å². The molecule has 0 aromatic heterocycles. The number of rotatable bonds is 9. The first-order valence-electron chi connectivity index (χ1n) is 8.07. The average molecular weight is 363 g/mol. The summed E-state index contributed by atoms with van der Waals surface area (Å²) in [6.07, 6.45) is 1.61. The first kappa shape index (κ1) is 19.4. The smallest absolute Gasteiger partial charge is 0.387 e. The molecule has 5 nitrogen and oxygen atoms in total. The number of esters is 1.